The Morgan fingerprint density at radius 1 is 0.506 bits per heavy atom. The van der Waals surface area contributed by atoms with Crippen LogP contribution in [0.1, 0.15) is 251 Å². The first-order chi connectivity index (χ1) is 42.4. The van der Waals surface area contributed by atoms with E-state index in [2.05, 4.69) is 61.8 Å². The topological polar surface area (TPSA) is 98.8 Å². The maximum atomic E-state index is 14.7. The summed E-state index contributed by atoms with van der Waals surface area (Å²) >= 11 is 1.67. The van der Waals surface area contributed by atoms with Crippen molar-refractivity contribution >= 4 is 44.5 Å². The molecule has 87 heavy (non-hydrogen) atoms. The largest absolute Gasteiger partial charge is 0.525 e. The summed E-state index contributed by atoms with van der Waals surface area (Å²) in [7, 11) is 0. The first-order valence-electron chi connectivity index (χ1n) is 35.5. The van der Waals surface area contributed by atoms with Gasteiger partial charge in [-0.2, -0.15) is 20.3 Å². The van der Waals surface area contributed by atoms with Gasteiger partial charge < -0.3 is 32.2 Å². The number of unbranched alkanes of at least 4 members (excludes halogenated alkanes) is 16. The molecule has 483 valence electrons. The normalized spacial score (nSPS) is 29.8. The summed E-state index contributed by atoms with van der Waals surface area (Å²) in [6.07, 6.45) is 31.6. The van der Waals surface area contributed by atoms with Crippen molar-refractivity contribution in [2.24, 2.45) is 52.3 Å². The van der Waals surface area contributed by atoms with Crippen LogP contribution in [0, 0.1) is 52.3 Å². The van der Waals surface area contributed by atoms with E-state index in [1.54, 1.807) is 0 Å². The molecule has 9 nitrogen and oxygen atoms in total. The number of hydrogen-bond donors (Lipinski definition) is 0. The molecule has 0 bridgehead atoms. The molecule has 0 aromatic heterocycles. The molecule has 8 rings (SSSR count). The molecule has 0 saturated heterocycles. The number of halogens is 1. The second-order valence-electron chi connectivity index (χ2n) is 28.7. The minimum Gasteiger partial charge on any atom is -0.492 e. The number of rotatable bonds is 39. The fourth-order valence-corrected chi connectivity index (χ4v) is 18.9. The summed E-state index contributed by atoms with van der Waals surface area (Å²) in [4.78, 5) is 29.2. The Hall–Kier alpha value is -2.34. The average Bonchev–Trinajstić information content (AvgIpc) is 1.89. The number of ether oxygens (including phenoxy) is 6. The van der Waals surface area contributed by atoms with Crippen LogP contribution in [-0.2, 0) is 61.6 Å². The number of carbonyl (C=O) groups excluding carboxylic acids is 2. The van der Waals surface area contributed by atoms with Crippen molar-refractivity contribution in [3.05, 3.63) is 108 Å². The summed E-state index contributed by atoms with van der Waals surface area (Å²) in [5.41, 5.74) is 3.69. The highest BCUT2D eigenvalue weighted by Gasteiger charge is 2.61. The van der Waals surface area contributed by atoms with Crippen molar-refractivity contribution in [1.29, 1.82) is 0 Å². The van der Waals surface area contributed by atoms with Crippen molar-refractivity contribution in [1.82, 2.24) is 0 Å². The van der Waals surface area contributed by atoms with E-state index in [1.165, 1.54) is 148 Å². The maximum absolute atomic E-state index is 14.7. The van der Waals surface area contributed by atoms with Crippen LogP contribution < -0.4 is 0 Å². The highest BCUT2D eigenvalue weighted by molar-refractivity contribution is 14.1. The lowest BCUT2D eigenvalue weighted by Crippen LogP contribution is -2.68. The molecular weight excluding hydrogens is 1210 g/mol. The molecule has 5 aliphatic carbocycles. The van der Waals surface area contributed by atoms with Crippen molar-refractivity contribution < 1.29 is 41.8 Å². The summed E-state index contributed by atoms with van der Waals surface area (Å²) in [6, 6.07) is 30.2. The van der Waals surface area contributed by atoms with Gasteiger partial charge in [-0.05, 0) is 133 Å². The third-order valence-electron chi connectivity index (χ3n) is 22.3. The third-order valence-corrected chi connectivity index (χ3v) is 23.6. The van der Waals surface area contributed by atoms with Crippen molar-refractivity contribution in [2.75, 3.05) is 6.61 Å². The van der Waals surface area contributed by atoms with Gasteiger partial charge in [-0.3, -0.25) is 4.79 Å². The first kappa shape index (κ1) is 70.5. The lowest BCUT2D eigenvalue weighted by molar-refractivity contribution is -0.268. The quantitative estimate of drug-likeness (QED) is 0.0239. The zero-order valence-electron chi connectivity index (χ0n) is 54.9. The fourth-order valence-electron chi connectivity index (χ4n) is 17.4. The van der Waals surface area contributed by atoms with Gasteiger partial charge in [0.15, 0.2) is 12.2 Å². The maximum Gasteiger partial charge on any atom is 0.525 e. The van der Waals surface area contributed by atoms with E-state index in [-0.39, 0.29) is 44.9 Å². The van der Waals surface area contributed by atoms with Gasteiger partial charge in [0, 0.05) is 6.42 Å². The molecule has 0 spiro atoms. The van der Waals surface area contributed by atoms with Gasteiger partial charge in [0.05, 0.1) is 32.0 Å². The second-order valence-corrected chi connectivity index (χ2v) is 30.7. The summed E-state index contributed by atoms with van der Waals surface area (Å²) < 4.78 is 47.9. The third kappa shape index (κ3) is 20.8. The van der Waals surface area contributed by atoms with E-state index in [0.717, 1.165) is 84.3 Å². The molecule has 11 heteroatoms. The predicted molar refractivity (Wildman–Crippen MR) is 361 cm³/mol. The molecule has 5 aliphatic rings. The zero-order chi connectivity index (χ0) is 61.3. The van der Waals surface area contributed by atoms with Crippen LogP contribution in [0.2, 0.25) is 0 Å². The number of hydrogen-bond acceptors (Lipinski definition) is 9. The van der Waals surface area contributed by atoms with Gasteiger partial charge in [0.1, 0.15) is 24.9 Å². The minimum absolute atomic E-state index is 0.0291. The van der Waals surface area contributed by atoms with Crippen molar-refractivity contribution in [2.45, 2.75) is 297 Å². The van der Waals surface area contributed by atoms with Gasteiger partial charge >= 0.3 is 24.2 Å². The molecule has 1 radical (unpaired) electrons. The van der Waals surface area contributed by atoms with Crippen LogP contribution in [0.4, 0.5) is 0 Å². The highest BCUT2D eigenvalue weighted by Crippen LogP contribution is 2.68. The Bertz CT molecular complexity index is 2380. The van der Waals surface area contributed by atoms with Crippen LogP contribution in [0.15, 0.2) is 91.0 Å². The van der Waals surface area contributed by atoms with Gasteiger partial charge in [-0.15, -0.1) is 0 Å². The Morgan fingerprint density at radius 2 is 0.977 bits per heavy atom. The monoisotopic (exact) mass is 1330 g/mol. The van der Waals surface area contributed by atoms with Crippen LogP contribution in [0.3, 0.4) is 0 Å². The number of benzene rings is 3. The second kappa shape index (κ2) is 37.4. The molecule has 5 saturated carbocycles. The van der Waals surface area contributed by atoms with Crippen molar-refractivity contribution in [3.63, 3.8) is 0 Å². The van der Waals surface area contributed by atoms with Gasteiger partial charge in [0.2, 0.25) is 0 Å². The average molecular weight is 1330 g/mol. The van der Waals surface area contributed by atoms with Gasteiger partial charge in [-0.1, -0.05) is 255 Å². The molecule has 6 unspecified atom stereocenters. The molecule has 0 aliphatic heterocycles. The number of fused-ring (bicyclic) bond motifs is 5. The van der Waals surface area contributed by atoms with Crippen LogP contribution in [-0.4, -0.2) is 73.5 Å². The molecule has 0 N–H and O–H groups in total. The Labute approximate surface area is 545 Å². The summed E-state index contributed by atoms with van der Waals surface area (Å²) in [5, 5.41) is 0. The first-order valence-corrected chi connectivity index (χ1v) is 40.1. The molecule has 0 amide bonds. The van der Waals surface area contributed by atoms with E-state index in [4.69, 9.17) is 32.2 Å². The molecule has 0 heterocycles. The minimum atomic E-state index is -1.07. The van der Waals surface area contributed by atoms with Crippen molar-refractivity contribution in [3.8, 4) is 0 Å². The van der Waals surface area contributed by atoms with E-state index in [9.17, 15) is 9.59 Å². The van der Waals surface area contributed by atoms with Gasteiger partial charge in [-0.25, -0.2) is 4.79 Å². The molecule has 15 atom stereocenters. The van der Waals surface area contributed by atoms with Crippen LogP contribution in [0.5, 0.6) is 0 Å². The number of esters is 2. The Balaban J connectivity index is 0.931. The zero-order valence-corrected chi connectivity index (χ0v) is 58.2. The Morgan fingerprint density at radius 3 is 1.51 bits per heavy atom. The molecule has 3 aromatic carbocycles. The van der Waals surface area contributed by atoms with E-state index in [0.29, 0.717) is 23.2 Å². The lowest BCUT2D eigenvalue weighted by Gasteiger charge is -2.61. The van der Waals surface area contributed by atoms with Crippen LogP contribution >= 0.6 is 20.3 Å². The van der Waals surface area contributed by atoms with Gasteiger partial charge in [0.25, 0.3) is 0 Å². The Kier molecular flexibility index (Phi) is 30.3. The van der Waals surface area contributed by atoms with Crippen LogP contribution in [0.25, 0.3) is 0 Å². The molecular formula is C76H115AlIO9. The number of carbonyl (C=O) groups is 2. The molecule has 5 fully saturated rings. The smallest absolute Gasteiger partial charge is 0.492 e. The highest BCUT2D eigenvalue weighted by atomic mass is 127. The summed E-state index contributed by atoms with van der Waals surface area (Å²) in [5.74, 6) is 4.63. The van der Waals surface area contributed by atoms with E-state index >= 15 is 0 Å². The fraction of sp³-hybridized carbons (Fsp3) is 0.737. The van der Waals surface area contributed by atoms with E-state index < -0.39 is 54.9 Å². The lowest BCUT2D eigenvalue weighted by atomic mass is 9.44. The van der Waals surface area contributed by atoms with E-state index in [1.807, 2.05) is 91.0 Å². The standard InChI is InChI=1S/C76H115O9.Al.HI/c1-7-8-9-10-11-12-13-14-15-16-17-18-19-20-21-22-32-42-67(77)84-74-71(69(79)70(81-52-58-36-26-23-27-37-58)72(82-53-59-38-28-24-29-39-59)73(74)83-54-60-40-30-25-31-41-60)85-68(78)55-80-62-47-49-75(5)61(51-62)43-44-63-65-46-45-64(57(4)35-33-34-56(2)3)76(65,6)50-48-66(63)75;;/h23-31,36-41,56-57,61-66,69-74H,7-22,32-35,42-55H2,1-6H3;;1H/q-1;+2;/p-1/t57?,61?,62-,63?,64+,65?,66?,69+,70+,71-,72-,73?,74-,75-,76+;;/m0../s1. The molecule has 3 aromatic rings. The SMILES string of the molecule is CCCCCCCCCCCCCCCCCCCC(=O)O[C@@H]1C(OCc2ccccc2)[C@@H](OCc2ccccc2)[C@H](OCc2ccccc2)[C@@H]([O][Al][I])[C@@H]1OC(=O)CO[C@H]1CC[C@@]2(C)C(CCC3C2CC[C@@]2(C)C3CC[C@@H]2C(C)CCCC(C)C)C1. The predicted octanol–water partition coefficient (Wildman–Crippen LogP) is 19.5. The summed E-state index contributed by atoms with van der Waals surface area (Å²) in [6.45, 7) is 15.5.